The van der Waals surface area contributed by atoms with Gasteiger partial charge in [-0.15, -0.1) is 0 Å². The van der Waals surface area contributed by atoms with Gasteiger partial charge >= 0.3 is 0 Å². The Morgan fingerprint density at radius 3 is 2.81 bits per heavy atom. The number of methoxy groups -OCH3 is 1. The molecule has 0 aliphatic rings. The van der Waals surface area contributed by atoms with Gasteiger partial charge in [-0.2, -0.15) is 0 Å². The molecule has 1 aromatic rings. The van der Waals surface area contributed by atoms with Crippen LogP contribution >= 0.6 is 0 Å². The zero-order valence-corrected chi connectivity index (χ0v) is 9.07. The number of ether oxygens (including phenoxy) is 1. The molecule has 1 atom stereocenters. The van der Waals surface area contributed by atoms with Crippen LogP contribution in [0.4, 0.5) is 10.1 Å². The normalized spacial score (nSPS) is 12.2. The van der Waals surface area contributed by atoms with E-state index in [9.17, 15) is 9.18 Å². The van der Waals surface area contributed by atoms with E-state index in [1.807, 2.05) is 0 Å². The lowest BCUT2D eigenvalue weighted by atomic mass is 10.2. The number of para-hydroxylation sites is 1. The van der Waals surface area contributed by atoms with Crippen molar-refractivity contribution in [1.82, 2.24) is 0 Å². The zero-order valence-electron chi connectivity index (χ0n) is 9.07. The maximum Gasteiger partial charge on any atom is 0.227 e. The number of halogens is 1. The van der Waals surface area contributed by atoms with Crippen molar-refractivity contribution < 1.29 is 13.9 Å². The van der Waals surface area contributed by atoms with Crippen LogP contribution in [0.25, 0.3) is 0 Å². The molecule has 0 fully saturated rings. The smallest absolute Gasteiger partial charge is 0.227 e. The lowest BCUT2D eigenvalue weighted by molar-refractivity contribution is -0.118. The molecule has 0 heterocycles. The largest absolute Gasteiger partial charge is 0.380 e. The molecule has 5 heteroatoms. The maximum atomic E-state index is 13.2. The first-order valence-corrected chi connectivity index (χ1v) is 4.94. The van der Waals surface area contributed by atoms with Crippen molar-refractivity contribution in [2.75, 3.05) is 19.0 Å². The van der Waals surface area contributed by atoms with Gasteiger partial charge in [-0.05, 0) is 12.1 Å². The molecule has 0 aliphatic heterocycles. The fraction of sp³-hybridized carbons (Fsp3) is 0.364. The number of carbonyl (C=O) groups excluding carboxylic acids is 1. The summed E-state index contributed by atoms with van der Waals surface area (Å²) in [7, 11) is 1.48. The summed E-state index contributed by atoms with van der Waals surface area (Å²) in [5.74, 6) is -0.778. The van der Waals surface area contributed by atoms with Crippen LogP contribution in [0.3, 0.4) is 0 Å². The first kappa shape index (κ1) is 12.6. The Kier molecular flexibility index (Phi) is 4.88. The van der Waals surface area contributed by atoms with Crippen LogP contribution in [0.5, 0.6) is 0 Å². The van der Waals surface area contributed by atoms with Gasteiger partial charge in [0.25, 0.3) is 0 Å². The number of carbonyl (C=O) groups is 1. The Hall–Kier alpha value is -1.46. The SMILES string of the molecule is COC(CN)CC(=O)Nc1ccccc1F. The van der Waals surface area contributed by atoms with Crippen molar-refractivity contribution >= 4 is 11.6 Å². The predicted octanol–water partition coefficient (Wildman–Crippen LogP) is 1.13. The molecule has 0 bridgehead atoms. The number of anilines is 1. The van der Waals surface area contributed by atoms with Crippen LogP contribution in [-0.2, 0) is 9.53 Å². The monoisotopic (exact) mass is 226 g/mol. The molecule has 16 heavy (non-hydrogen) atoms. The Balaban J connectivity index is 2.55. The number of benzene rings is 1. The Morgan fingerprint density at radius 1 is 1.56 bits per heavy atom. The minimum Gasteiger partial charge on any atom is -0.380 e. The zero-order chi connectivity index (χ0) is 12.0. The van der Waals surface area contributed by atoms with Crippen molar-refractivity contribution in [2.24, 2.45) is 5.73 Å². The number of hydrogen-bond donors (Lipinski definition) is 2. The molecule has 0 radical (unpaired) electrons. The first-order valence-electron chi connectivity index (χ1n) is 4.94. The van der Waals surface area contributed by atoms with Crippen LogP contribution in [0.15, 0.2) is 24.3 Å². The number of hydrogen-bond acceptors (Lipinski definition) is 3. The second kappa shape index (κ2) is 6.19. The molecule has 0 aliphatic carbocycles. The van der Waals surface area contributed by atoms with Gasteiger partial charge in [0.1, 0.15) is 5.82 Å². The third-order valence-corrected chi connectivity index (χ3v) is 2.16. The second-order valence-electron chi connectivity index (χ2n) is 3.33. The van der Waals surface area contributed by atoms with Gasteiger partial charge in [0.15, 0.2) is 0 Å². The lowest BCUT2D eigenvalue weighted by Gasteiger charge is -2.12. The number of nitrogens with two attached hydrogens (primary N) is 1. The highest BCUT2D eigenvalue weighted by molar-refractivity contribution is 5.91. The molecule has 4 nitrogen and oxygen atoms in total. The average molecular weight is 226 g/mol. The summed E-state index contributed by atoms with van der Waals surface area (Å²) in [5, 5.41) is 2.46. The standard InChI is InChI=1S/C11H15FN2O2/c1-16-8(7-13)6-11(15)14-10-5-3-2-4-9(10)12/h2-5,8H,6-7,13H2,1H3,(H,14,15). The van der Waals surface area contributed by atoms with Crippen LogP contribution in [0.2, 0.25) is 0 Å². The third kappa shape index (κ3) is 3.60. The molecule has 88 valence electrons. The van der Waals surface area contributed by atoms with E-state index in [1.165, 1.54) is 19.2 Å². The van der Waals surface area contributed by atoms with E-state index >= 15 is 0 Å². The summed E-state index contributed by atoms with van der Waals surface area (Å²) in [6.07, 6.45) is -0.229. The minimum absolute atomic E-state index is 0.112. The fourth-order valence-electron chi connectivity index (χ4n) is 1.23. The molecule has 1 aromatic carbocycles. The van der Waals surface area contributed by atoms with Crippen LogP contribution < -0.4 is 11.1 Å². The van der Waals surface area contributed by atoms with E-state index in [2.05, 4.69) is 5.32 Å². The van der Waals surface area contributed by atoms with Gasteiger partial charge in [-0.1, -0.05) is 12.1 Å². The number of rotatable bonds is 5. The minimum atomic E-state index is -0.461. The van der Waals surface area contributed by atoms with Crippen molar-refractivity contribution in [1.29, 1.82) is 0 Å². The van der Waals surface area contributed by atoms with E-state index in [1.54, 1.807) is 12.1 Å². The summed E-state index contributed by atoms with van der Waals surface area (Å²) in [6, 6.07) is 5.99. The molecule has 0 spiro atoms. The van der Waals surface area contributed by atoms with Crippen LogP contribution in [0, 0.1) is 5.82 Å². The first-order chi connectivity index (χ1) is 7.67. The Bertz CT molecular complexity index is 354. The summed E-state index contributed by atoms with van der Waals surface area (Å²) in [6.45, 7) is 0.251. The number of amides is 1. The predicted molar refractivity (Wildman–Crippen MR) is 59.5 cm³/mol. The van der Waals surface area contributed by atoms with Crippen molar-refractivity contribution in [2.45, 2.75) is 12.5 Å². The van der Waals surface area contributed by atoms with Crippen LogP contribution in [-0.4, -0.2) is 25.7 Å². The summed E-state index contributed by atoms with van der Waals surface area (Å²) < 4.78 is 18.1. The molecule has 0 saturated carbocycles. The molecular formula is C11H15FN2O2. The molecular weight excluding hydrogens is 211 g/mol. The fourth-order valence-corrected chi connectivity index (χ4v) is 1.23. The van der Waals surface area contributed by atoms with E-state index < -0.39 is 5.82 Å². The lowest BCUT2D eigenvalue weighted by Crippen LogP contribution is -2.28. The highest BCUT2D eigenvalue weighted by atomic mass is 19.1. The van der Waals surface area contributed by atoms with Gasteiger partial charge in [-0.25, -0.2) is 4.39 Å². The molecule has 1 amide bonds. The molecule has 0 aromatic heterocycles. The Morgan fingerprint density at radius 2 is 2.25 bits per heavy atom. The summed E-state index contributed by atoms with van der Waals surface area (Å²) in [5.41, 5.74) is 5.54. The third-order valence-electron chi connectivity index (χ3n) is 2.16. The molecule has 1 rings (SSSR count). The highest BCUT2D eigenvalue weighted by Gasteiger charge is 2.12. The topological polar surface area (TPSA) is 64.3 Å². The van der Waals surface area contributed by atoms with Crippen molar-refractivity contribution in [3.8, 4) is 0 Å². The summed E-state index contributed by atoms with van der Waals surface area (Å²) in [4.78, 5) is 11.5. The van der Waals surface area contributed by atoms with Crippen molar-refractivity contribution in [3.63, 3.8) is 0 Å². The molecule has 1 unspecified atom stereocenters. The molecule has 3 N–H and O–H groups in total. The maximum absolute atomic E-state index is 13.2. The van der Waals surface area contributed by atoms with Crippen molar-refractivity contribution in [3.05, 3.63) is 30.1 Å². The second-order valence-corrected chi connectivity index (χ2v) is 3.33. The quantitative estimate of drug-likeness (QED) is 0.791. The van der Waals surface area contributed by atoms with E-state index in [-0.39, 0.29) is 30.7 Å². The van der Waals surface area contributed by atoms with Gasteiger partial charge < -0.3 is 15.8 Å². The summed E-state index contributed by atoms with van der Waals surface area (Å²) >= 11 is 0. The van der Waals surface area contributed by atoms with E-state index in [4.69, 9.17) is 10.5 Å². The van der Waals surface area contributed by atoms with Crippen LogP contribution in [0.1, 0.15) is 6.42 Å². The highest BCUT2D eigenvalue weighted by Crippen LogP contribution is 2.12. The average Bonchev–Trinajstić information content (AvgIpc) is 2.29. The Labute approximate surface area is 93.6 Å². The van der Waals surface area contributed by atoms with Gasteiger partial charge in [0, 0.05) is 13.7 Å². The number of nitrogens with one attached hydrogen (secondary N) is 1. The van der Waals surface area contributed by atoms with E-state index in [0.29, 0.717) is 0 Å². The van der Waals surface area contributed by atoms with E-state index in [0.717, 1.165) is 0 Å². The van der Waals surface area contributed by atoms with Gasteiger partial charge in [0.05, 0.1) is 18.2 Å². The van der Waals surface area contributed by atoms with Gasteiger partial charge in [-0.3, -0.25) is 4.79 Å². The van der Waals surface area contributed by atoms with Gasteiger partial charge in [0.2, 0.25) is 5.91 Å². The molecule has 0 saturated heterocycles.